The van der Waals surface area contributed by atoms with E-state index in [9.17, 15) is 9.59 Å². The van der Waals surface area contributed by atoms with Gasteiger partial charge >= 0.3 is 0 Å². The summed E-state index contributed by atoms with van der Waals surface area (Å²) in [6, 6.07) is 12.0. The fourth-order valence-electron chi connectivity index (χ4n) is 4.02. The van der Waals surface area contributed by atoms with Gasteiger partial charge in [0.25, 0.3) is 5.91 Å². The van der Waals surface area contributed by atoms with E-state index >= 15 is 0 Å². The quantitative estimate of drug-likeness (QED) is 0.665. The number of rotatable bonds is 5. The lowest BCUT2D eigenvalue weighted by Crippen LogP contribution is -2.47. The first-order valence-electron chi connectivity index (χ1n) is 10.9. The zero-order chi connectivity index (χ0) is 21.4. The van der Waals surface area contributed by atoms with E-state index in [1.807, 2.05) is 48.2 Å². The van der Waals surface area contributed by atoms with Crippen molar-refractivity contribution in [1.29, 1.82) is 0 Å². The number of piperazine rings is 1. The van der Waals surface area contributed by atoms with Gasteiger partial charge in [-0.05, 0) is 60.7 Å². The molecular weight excluding hydrogens is 392 g/mol. The molecule has 0 bridgehead atoms. The summed E-state index contributed by atoms with van der Waals surface area (Å²) in [6.07, 6.45) is 2.36. The molecular formula is C24H26N4O3. The molecule has 0 spiro atoms. The molecule has 7 heteroatoms. The molecule has 0 unspecified atom stereocenters. The lowest BCUT2D eigenvalue weighted by molar-refractivity contribution is -0.131. The van der Waals surface area contributed by atoms with Crippen LogP contribution in [0, 0.1) is 6.92 Å². The van der Waals surface area contributed by atoms with Gasteiger partial charge in [0.1, 0.15) is 5.69 Å². The van der Waals surface area contributed by atoms with E-state index < -0.39 is 0 Å². The van der Waals surface area contributed by atoms with Gasteiger partial charge in [0.2, 0.25) is 5.91 Å². The van der Waals surface area contributed by atoms with Gasteiger partial charge in [-0.1, -0.05) is 17.3 Å². The second kappa shape index (κ2) is 8.15. The van der Waals surface area contributed by atoms with Gasteiger partial charge in [0, 0.05) is 43.2 Å². The highest BCUT2D eigenvalue weighted by atomic mass is 16.5. The van der Waals surface area contributed by atoms with Crippen LogP contribution in [0.3, 0.4) is 0 Å². The van der Waals surface area contributed by atoms with E-state index in [0.29, 0.717) is 22.9 Å². The number of carbonyl (C=O) groups excluding carboxylic acids is 2. The highest BCUT2D eigenvalue weighted by molar-refractivity contribution is 5.96. The molecule has 2 amide bonds. The Morgan fingerprint density at radius 3 is 2.74 bits per heavy atom. The molecule has 1 aliphatic carbocycles. The predicted molar refractivity (Wildman–Crippen MR) is 118 cm³/mol. The molecule has 0 atom stereocenters. The van der Waals surface area contributed by atoms with E-state index in [0.717, 1.165) is 61.1 Å². The summed E-state index contributed by atoms with van der Waals surface area (Å²) in [6.45, 7) is 5.13. The van der Waals surface area contributed by atoms with Crippen LogP contribution in [0.15, 0.2) is 40.9 Å². The second-order valence-corrected chi connectivity index (χ2v) is 8.43. The molecule has 2 aromatic carbocycles. The zero-order valence-corrected chi connectivity index (χ0v) is 17.6. The van der Waals surface area contributed by atoms with Crippen molar-refractivity contribution < 1.29 is 14.1 Å². The Hall–Kier alpha value is -3.19. The Labute approximate surface area is 180 Å². The molecule has 2 aliphatic rings. The van der Waals surface area contributed by atoms with Crippen molar-refractivity contribution in [3.63, 3.8) is 0 Å². The van der Waals surface area contributed by atoms with Crippen molar-refractivity contribution in [2.75, 3.05) is 26.2 Å². The standard InChI is InChI=1S/C24H26N4O3/c1-15-2-3-17(24(30)26-18-5-6-18)12-20(15)16-4-7-19-21(27-31-22(19)13-16)14-23(29)28-10-8-25-9-11-28/h2-4,7,12-13,18,25H,5-6,8-11,14H2,1H3,(H,26,30). The molecule has 160 valence electrons. The first-order valence-corrected chi connectivity index (χ1v) is 10.9. The van der Waals surface area contributed by atoms with Gasteiger partial charge < -0.3 is 20.1 Å². The Kier molecular flexibility index (Phi) is 5.19. The van der Waals surface area contributed by atoms with Gasteiger partial charge in [-0.25, -0.2) is 0 Å². The molecule has 31 heavy (non-hydrogen) atoms. The number of carbonyl (C=O) groups is 2. The molecule has 2 N–H and O–H groups in total. The van der Waals surface area contributed by atoms with Crippen LogP contribution < -0.4 is 10.6 Å². The maximum Gasteiger partial charge on any atom is 0.251 e. The summed E-state index contributed by atoms with van der Waals surface area (Å²) in [5, 5.41) is 11.3. The number of hydrogen-bond donors (Lipinski definition) is 2. The monoisotopic (exact) mass is 418 g/mol. The lowest BCUT2D eigenvalue weighted by atomic mass is 9.96. The fraction of sp³-hybridized carbons (Fsp3) is 0.375. The number of hydrogen-bond acceptors (Lipinski definition) is 5. The number of aryl methyl sites for hydroxylation is 1. The van der Waals surface area contributed by atoms with Gasteiger partial charge in [0.15, 0.2) is 5.58 Å². The van der Waals surface area contributed by atoms with Crippen LogP contribution in [0.4, 0.5) is 0 Å². The topological polar surface area (TPSA) is 87.5 Å². The third-order valence-corrected chi connectivity index (χ3v) is 6.06. The third kappa shape index (κ3) is 4.18. The summed E-state index contributed by atoms with van der Waals surface area (Å²) < 4.78 is 5.57. The van der Waals surface area contributed by atoms with Gasteiger partial charge in [-0.15, -0.1) is 0 Å². The number of aromatic nitrogens is 1. The van der Waals surface area contributed by atoms with Gasteiger partial charge in [-0.2, -0.15) is 0 Å². The van der Waals surface area contributed by atoms with Crippen LogP contribution in [0.2, 0.25) is 0 Å². The van der Waals surface area contributed by atoms with E-state index in [-0.39, 0.29) is 18.2 Å². The summed E-state index contributed by atoms with van der Waals surface area (Å²) in [5.41, 5.74) is 5.00. The molecule has 2 fully saturated rings. The van der Waals surface area contributed by atoms with Crippen molar-refractivity contribution in [3.05, 3.63) is 53.2 Å². The summed E-state index contributed by atoms with van der Waals surface area (Å²) >= 11 is 0. The van der Waals surface area contributed by atoms with Crippen LogP contribution in [-0.4, -0.2) is 54.1 Å². The molecule has 3 aromatic rings. The van der Waals surface area contributed by atoms with Crippen molar-refractivity contribution in [2.45, 2.75) is 32.2 Å². The molecule has 5 rings (SSSR count). The average molecular weight is 418 g/mol. The maximum absolute atomic E-state index is 12.6. The average Bonchev–Trinajstić information content (AvgIpc) is 3.52. The van der Waals surface area contributed by atoms with Crippen molar-refractivity contribution in [2.24, 2.45) is 0 Å². The van der Waals surface area contributed by atoms with Crippen molar-refractivity contribution >= 4 is 22.8 Å². The summed E-state index contributed by atoms with van der Waals surface area (Å²) in [4.78, 5) is 26.9. The fourth-order valence-corrected chi connectivity index (χ4v) is 4.02. The molecule has 1 aliphatic heterocycles. The van der Waals surface area contributed by atoms with Gasteiger partial charge in [0.05, 0.1) is 6.42 Å². The molecule has 1 saturated heterocycles. The highest BCUT2D eigenvalue weighted by Gasteiger charge is 2.24. The summed E-state index contributed by atoms with van der Waals surface area (Å²) in [5.74, 6) is 0.0456. The zero-order valence-electron chi connectivity index (χ0n) is 17.6. The van der Waals surface area contributed by atoms with Crippen LogP contribution in [0.25, 0.3) is 22.1 Å². The minimum Gasteiger partial charge on any atom is -0.356 e. The molecule has 1 saturated carbocycles. The molecule has 1 aromatic heterocycles. The Balaban J connectivity index is 1.39. The minimum atomic E-state index is -0.0294. The smallest absolute Gasteiger partial charge is 0.251 e. The maximum atomic E-state index is 12.6. The van der Waals surface area contributed by atoms with E-state index in [1.54, 1.807) is 0 Å². The number of nitrogens with zero attached hydrogens (tertiary/aromatic N) is 2. The van der Waals surface area contributed by atoms with Crippen LogP contribution in [-0.2, 0) is 11.2 Å². The van der Waals surface area contributed by atoms with Crippen LogP contribution in [0.1, 0.15) is 34.5 Å². The Morgan fingerprint density at radius 2 is 1.97 bits per heavy atom. The number of fused-ring (bicyclic) bond motifs is 1. The van der Waals surface area contributed by atoms with E-state index in [4.69, 9.17) is 4.52 Å². The Bertz CT molecular complexity index is 1140. The van der Waals surface area contributed by atoms with Crippen molar-refractivity contribution in [1.82, 2.24) is 20.7 Å². The number of amides is 2. The number of nitrogens with one attached hydrogen (secondary N) is 2. The molecule has 2 heterocycles. The molecule has 7 nitrogen and oxygen atoms in total. The predicted octanol–water partition coefficient (Wildman–Crippen LogP) is 2.67. The van der Waals surface area contributed by atoms with E-state index in [2.05, 4.69) is 15.8 Å². The van der Waals surface area contributed by atoms with Crippen LogP contribution >= 0.6 is 0 Å². The van der Waals surface area contributed by atoms with Crippen LogP contribution in [0.5, 0.6) is 0 Å². The first kappa shape index (κ1) is 19.8. The van der Waals surface area contributed by atoms with Gasteiger partial charge in [-0.3, -0.25) is 9.59 Å². The molecule has 0 radical (unpaired) electrons. The van der Waals surface area contributed by atoms with E-state index in [1.165, 1.54) is 0 Å². The first-order chi connectivity index (χ1) is 15.1. The summed E-state index contributed by atoms with van der Waals surface area (Å²) in [7, 11) is 0. The highest BCUT2D eigenvalue weighted by Crippen LogP contribution is 2.30. The minimum absolute atomic E-state index is 0.0294. The van der Waals surface area contributed by atoms with Crippen molar-refractivity contribution in [3.8, 4) is 11.1 Å². The number of benzene rings is 2. The second-order valence-electron chi connectivity index (χ2n) is 8.43. The largest absolute Gasteiger partial charge is 0.356 e. The normalized spacial score (nSPS) is 16.5. The Morgan fingerprint density at radius 1 is 1.16 bits per heavy atom. The SMILES string of the molecule is Cc1ccc(C(=O)NC2CC2)cc1-c1ccc2c(CC(=O)N3CCNCC3)noc2c1. The third-order valence-electron chi connectivity index (χ3n) is 6.06. The lowest BCUT2D eigenvalue weighted by Gasteiger charge is -2.27.